The fourth-order valence-electron chi connectivity index (χ4n) is 2.31. The Morgan fingerprint density at radius 1 is 1.33 bits per heavy atom. The maximum Gasteiger partial charge on any atom is 0.267 e. The van der Waals surface area contributed by atoms with Crippen LogP contribution in [-0.2, 0) is 4.79 Å². The van der Waals surface area contributed by atoms with Crippen LogP contribution in [0.15, 0.2) is 51.7 Å². The Bertz CT molecular complexity index is 918. The van der Waals surface area contributed by atoms with Crippen LogP contribution in [0.2, 0.25) is 0 Å². The van der Waals surface area contributed by atoms with Gasteiger partial charge in [0, 0.05) is 6.54 Å². The number of fused-ring (bicyclic) bond motifs is 1. The molecule has 0 aliphatic heterocycles. The second kappa shape index (κ2) is 7.19. The lowest BCUT2D eigenvalue weighted by Gasteiger charge is -2.15. The van der Waals surface area contributed by atoms with Gasteiger partial charge in [-0.05, 0) is 37.4 Å². The molecule has 1 aromatic carbocycles. The summed E-state index contributed by atoms with van der Waals surface area (Å²) in [6.45, 7) is 4.27. The summed E-state index contributed by atoms with van der Waals surface area (Å²) >= 11 is 2.72. The summed E-state index contributed by atoms with van der Waals surface area (Å²) in [5, 5.41) is 5.44. The van der Waals surface area contributed by atoms with Crippen molar-refractivity contribution in [2.45, 2.75) is 24.3 Å². The summed E-state index contributed by atoms with van der Waals surface area (Å²) < 4.78 is 1.58. The number of rotatable bonds is 5. The first-order valence-corrected chi connectivity index (χ1v) is 9.37. The van der Waals surface area contributed by atoms with Crippen LogP contribution in [0.25, 0.3) is 15.9 Å². The molecule has 124 valence electrons. The van der Waals surface area contributed by atoms with Crippen molar-refractivity contribution in [3.8, 4) is 5.69 Å². The molecule has 1 N–H and O–H groups in total. The third kappa shape index (κ3) is 3.22. The molecule has 0 bridgehead atoms. The fraction of sp³-hybridized carbons (Fsp3) is 0.235. The monoisotopic (exact) mass is 359 g/mol. The number of para-hydroxylation sites is 1. The molecule has 0 unspecified atom stereocenters. The molecule has 0 saturated heterocycles. The predicted octanol–water partition coefficient (Wildman–Crippen LogP) is 3.06. The third-order valence-electron chi connectivity index (χ3n) is 3.48. The van der Waals surface area contributed by atoms with Crippen LogP contribution in [0.3, 0.4) is 0 Å². The van der Waals surface area contributed by atoms with Gasteiger partial charge in [-0.25, -0.2) is 4.98 Å². The van der Waals surface area contributed by atoms with Crippen molar-refractivity contribution < 1.29 is 4.79 Å². The van der Waals surface area contributed by atoms with Gasteiger partial charge in [-0.1, -0.05) is 30.0 Å². The van der Waals surface area contributed by atoms with E-state index >= 15 is 0 Å². The van der Waals surface area contributed by atoms with Crippen LogP contribution in [0.5, 0.6) is 0 Å². The van der Waals surface area contributed by atoms with Gasteiger partial charge in [-0.15, -0.1) is 11.3 Å². The quantitative estimate of drug-likeness (QED) is 0.562. The van der Waals surface area contributed by atoms with Crippen molar-refractivity contribution in [3.05, 3.63) is 52.1 Å². The Morgan fingerprint density at radius 2 is 2.08 bits per heavy atom. The van der Waals surface area contributed by atoms with E-state index in [1.54, 1.807) is 10.6 Å². The zero-order valence-electron chi connectivity index (χ0n) is 13.4. The second-order valence-electron chi connectivity index (χ2n) is 5.16. The minimum absolute atomic E-state index is 0.0670. The molecule has 0 fully saturated rings. The van der Waals surface area contributed by atoms with Gasteiger partial charge >= 0.3 is 0 Å². The van der Waals surface area contributed by atoms with Gasteiger partial charge in [-0.3, -0.25) is 14.2 Å². The van der Waals surface area contributed by atoms with Crippen LogP contribution in [0, 0.1) is 0 Å². The van der Waals surface area contributed by atoms with E-state index in [1.165, 1.54) is 23.1 Å². The first-order valence-electron chi connectivity index (χ1n) is 7.62. The van der Waals surface area contributed by atoms with Gasteiger partial charge in [0.1, 0.15) is 4.83 Å². The number of amides is 1. The number of thiophene rings is 1. The summed E-state index contributed by atoms with van der Waals surface area (Å²) in [7, 11) is 0. The van der Waals surface area contributed by atoms with E-state index in [0.29, 0.717) is 21.9 Å². The molecular weight excluding hydrogens is 342 g/mol. The van der Waals surface area contributed by atoms with E-state index in [9.17, 15) is 9.59 Å². The summed E-state index contributed by atoms with van der Waals surface area (Å²) in [6.07, 6.45) is 0. The van der Waals surface area contributed by atoms with Crippen molar-refractivity contribution in [1.82, 2.24) is 14.9 Å². The van der Waals surface area contributed by atoms with Crippen LogP contribution in [-0.4, -0.2) is 27.3 Å². The Kier molecular flexibility index (Phi) is 5.01. The van der Waals surface area contributed by atoms with E-state index < -0.39 is 0 Å². The van der Waals surface area contributed by atoms with E-state index in [2.05, 4.69) is 10.3 Å². The summed E-state index contributed by atoms with van der Waals surface area (Å²) in [6, 6.07) is 11.2. The van der Waals surface area contributed by atoms with Crippen LogP contribution in [0.4, 0.5) is 0 Å². The van der Waals surface area contributed by atoms with Gasteiger partial charge in [-0.2, -0.15) is 0 Å². The van der Waals surface area contributed by atoms with Gasteiger partial charge in [0.2, 0.25) is 5.91 Å². The summed E-state index contributed by atoms with van der Waals surface area (Å²) in [5.74, 6) is -0.0670. The number of hydrogen-bond donors (Lipinski definition) is 1. The molecule has 3 aromatic rings. The average Bonchev–Trinajstić information content (AvgIpc) is 3.05. The van der Waals surface area contributed by atoms with Gasteiger partial charge in [0.05, 0.1) is 16.3 Å². The second-order valence-corrected chi connectivity index (χ2v) is 7.37. The van der Waals surface area contributed by atoms with E-state index in [-0.39, 0.29) is 16.7 Å². The highest BCUT2D eigenvalue weighted by molar-refractivity contribution is 8.00. The topological polar surface area (TPSA) is 64.0 Å². The van der Waals surface area contributed by atoms with Crippen molar-refractivity contribution in [2.75, 3.05) is 6.54 Å². The lowest BCUT2D eigenvalue weighted by Crippen LogP contribution is -2.31. The molecule has 0 spiro atoms. The summed E-state index contributed by atoms with van der Waals surface area (Å²) in [4.78, 5) is 30.3. The number of carbonyl (C=O) groups excluding carboxylic acids is 1. The molecule has 7 heteroatoms. The van der Waals surface area contributed by atoms with Crippen molar-refractivity contribution in [1.29, 1.82) is 0 Å². The van der Waals surface area contributed by atoms with Gasteiger partial charge < -0.3 is 5.32 Å². The molecule has 24 heavy (non-hydrogen) atoms. The van der Waals surface area contributed by atoms with Crippen LogP contribution < -0.4 is 10.9 Å². The molecule has 0 saturated carbocycles. The van der Waals surface area contributed by atoms with Crippen molar-refractivity contribution in [2.24, 2.45) is 0 Å². The van der Waals surface area contributed by atoms with E-state index in [0.717, 1.165) is 5.69 Å². The number of thioether (sulfide) groups is 1. The van der Waals surface area contributed by atoms with Crippen LogP contribution in [0.1, 0.15) is 13.8 Å². The zero-order chi connectivity index (χ0) is 17.1. The highest BCUT2D eigenvalue weighted by Crippen LogP contribution is 2.26. The van der Waals surface area contributed by atoms with Crippen LogP contribution >= 0.6 is 23.1 Å². The highest BCUT2D eigenvalue weighted by atomic mass is 32.2. The SMILES string of the molecule is CCNC(=O)[C@@H](C)Sc1nc2sccc2c(=O)n1-c1ccccc1. The Hall–Kier alpha value is -2.12. The van der Waals surface area contributed by atoms with E-state index in [1.807, 2.05) is 49.6 Å². The van der Waals surface area contributed by atoms with Crippen molar-refractivity contribution >= 4 is 39.2 Å². The highest BCUT2D eigenvalue weighted by Gasteiger charge is 2.20. The average molecular weight is 359 g/mol. The lowest BCUT2D eigenvalue weighted by molar-refractivity contribution is -0.120. The maximum absolute atomic E-state index is 12.9. The molecule has 2 aromatic heterocycles. The van der Waals surface area contributed by atoms with E-state index in [4.69, 9.17) is 0 Å². The Morgan fingerprint density at radius 3 is 2.79 bits per heavy atom. The number of aromatic nitrogens is 2. The molecule has 1 amide bonds. The molecule has 1 atom stereocenters. The maximum atomic E-state index is 12.9. The minimum Gasteiger partial charge on any atom is -0.355 e. The van der Waals surface area contributed by atoms with Gasteiger partial charge in [0.25, 0.3) is 5.56 Å². The minimum atomic E-state index is -0.343. The fourth-order valence-corrected chi connectivity index (χ4v) is 4.06. The number of benzene rings is 1. The first-order chi connectivity index (χ1) is 11.6. The number of hydrogen-bond acceptors (Lipinski definition) is 5. The number of carbonyl (C=O) groups is 1. The first kappa shape index (κ1) is 16.7. The molecular formula is C17H17N3O2S2. The molecule has 2 heterocycles. The third-order valence-corrected chi connectivity index (χ3v) is 5.34. The number of nitrogens with one attached hydrogen (secondary N) is 1. The smallest absolute Gasteiger partial charge is 0.267 e. The molecule has 0 aliphatic rings. The Balaban J connectivity index is 2.12. The molecule has 0 aliphatic carbocycles. The lowest BCUT2D eigenvalue weighted by atomic mass is 10.3. The molecule has 0 radical (unpaired) electrons. The molecule has 5 nitrogen and oxygen atoms in total. The predicted molar refractivity (Wildman–Crippen MR) is 99.2 cm³/mol. The summed E-state index contributed by atoms with van der Waals surface area (Å²) in [5.41, 5.74) is 0.631. The number of nitrogens with zero attached hydrogens (tertiary/aromatic N) is 2. The molecule has 3 rings (SSSR count). The van der Waals surface area contributed by atoms with Crippen molar-refractivity contribution in [3.63, 3.8) is 0 Å². The standard InChI is InChI=1S/C17H17N3O2S2/c1-3-18-14(21)11(2)24-17-19-15-13(9-10-23-15)16(22)20(17)12-7-5-4-6-8-12/h4-11H,3H2,1-2H3,(H,18,21)/t11-/m1/s1. The zero-order valence-corrected chi connectivity index (χ0v) is 15.0. The normalized spacial score (nSPS) is 12.2. The van der Waals surface area contributed by atoms with Gasteiger partial charge in [0.15, 0.2) is 5.16 Å². The largest absolute Gasteiger partial charge is 0.355 e. The Labute approximate surface area is 147 Å².